The van der Waals surface area contributed by atoms with Crippen molar-refractivity contribution in [3.63, 3.8) is 0 Å². The molecule has 3 heterocycles. The summed E-state index contributed by atoms with van der Waals surface area (Å²) in [5.41, 5.74) is 4.18. The highest BCUT2D eigenvalue weighted by molar-refractivity contribution is 7.89. The topological polar surface area (TPSA) is 66.4 Å². The molecule has 2 aromatic carbocycles. The normalized spacial score (nSPS) is 15.3. The second-order valence-electron chi connectivity index (χ2n) is 8.17. The van der Waals surface area contributed by atoms with Gasteiger partial charge >= 0.3 is 0 Å². The van der Waals surface area contributed by atoms with Crippen LogP contribution < -0.4 is 4.90 Å². The third kappa shape index (κ3) is 4.12. The van der Waals surface area contributed by atoms with Crippen molar-refractivity contribution in [1.29, 1.82) is 0 Å². The van der Waals surface area contributed by atoms with Crippen LogP contribution in [0.3, 0.4) is 0 Å². The Morgan fingerprint density at radius 2 is 1.67 bits per heavy atom. The van der Waals surface area contributed by atoms with Gasteiger partial charge in [-0.3, -0.25) is 0 Å². The number of rotatable bonds is 4. The molecule has 0 saturated carbocycles. The first-order chi connectivity index (χ1) is 15.8. The number of anilines is 1. The number of halogens is 1. The highest BCUT2D eigenvalue weighted by atomic mass is 35.5. The highest BCUT2D eigenvalue weighted by Gasteiger charge is 2.30. The van der Waals surface area contributed by atoms with Gasteiger partial charge in [0.05, 0.1) is 10.3 Å². The maximum absolute atomic E-state index is 13.2. The predicted molar refractivity (Wildman–Crippen MR) is 135 cm³/mol. The molecule has 0 spiro atoms. The number of thiophene rings is 1. The van der Waals surface area contributed by atoms with E-state index < -0.39 is 10.0 Å². The molecule has 6 nitrogen and oxygen atoms in total. The van der Waals surface area contributed by atoms with Crippen LogP contribution in [0.15, 0.2) is 59.1 Å². The number of hydrogen-bond acceptors (Lipinski definition) is 6. The molecule has 1 aliphatic rings. The van der Waals surface area contributed by atoms with Gasteiger partial charge in [-0.2, -0.15) is 4.31 Å². The molecule has 5 rings (SSSR count). The lowest BCUT2D eigenvalue weighted by Gasteiger charge is -2.35. The van der Waals surface area contributed by atoms with E-state index in [1.54, 1.807) is 34.1 Å². The fourth-order valence-corrected chi connectivity index (χ4v) is 6.65. The molecule has 0 aliphatic carbocycles. The average Bonchev–Trinajstić information content (AvgIpc) is 3.26. The van der Waals surface area contributed by atoms with Gasteiger partial charge in [-0.05, 0) is 54.8 Å². The fraction of sp³-hybridized carbons (Fsp3) is 0.250. The number of hydrogen-bond donors (Lipinski definition) is 0. The van der Waals surface area contributed by atoms with E-state index in [1.807, 2.05) is 44.2 Å². The Morgan fingerprint density at radius 3 is 2.36 bits per heavy atom. The van der Waals surface area contributed by atoms with Gasteiger partial charge in [0.2, 0.25) is 10.0 Å². The van der Waals surface area contributed by atoms with Gasteiger partial charge in [-0.25, -0.2) is 18.4 Å². The molecular weight excluding hydrogens is 476 g/mol. The molecule has 2 aromatic heterocycles. The van der Waals surface area contributed by atoms with Crippen molar-refractivity contribution in [1.82, 2.24) is 14.3 Å². The molecule has 33 heavy (non-hydrogen) atoms. The second kappa shape index (κ2) is 8.68. The van der Waals surface area contributed by atoms with Crippen LogP contribution in [0.1, 0.15) is 11.1 Å². The molecule has 0 bridgehead atoms. The van der Waals surface area contributed by atoms with Gasteiger partial charge in [0.1, 0.15) is 17.0 Å². The molecule has 4 aromatic rings. The van der Waals surface area contributed by atoms with Crippen LogP contribution in [-0.4, -0.2) is 48.9 Å². The van der Waals surface area contributed by atoms with E-state index in [0.717, 1.165) is 38.3 Å². The number of benzene rings is 2. The van der Waals surface area contributed by atoms with Crippen LogP contribution in [0.4, 0.5) is 5.82 Å². The standard InChI is InChI=1S/C24H23ClN4O2S2/c1-16-3-8-20(13-17(16)2)33(30,31)29-11-9-28(10-12-29)23-22-21(14-32-24(22)27-15-26-23)18-4-6-19(25)7-5-18/h3-8,13-15H,9-12H2,1-2H3. The van der Waals surface area contributed by atoms with E-state index in [4.69, 9.17) is 11.6 Å². The molecule has 1 aliphatic heterocycles. The number of sulfonamides is 1. The van der Waals surface area contributed by atoms with E-state index in [9.17, 15) is 8.42 Å². The molecule has 0 amide bonds. The first-order valence-corrected chi connectivity index (χ1v) is 13.3. The summed E-state index contributed by atoms with van der Waals surface area (Å²) in [6, 6.07) is 13.1. The van der Waals surface area contributed by atoms with Crippen LogP contribution in [-0.2, 0) is 10.0 Å². The van der Waals surface area contributed by atoms with Gasteiger partial charge in [0.25, 0.3) is 0 Å². The van der Waals surface area contributed by atoms with Gasteiger partial charge in [0.15, 0.2) is 0 Å². The van der Waals surface area contributed by atoms with E-state index in [1.165, 1.54) is 0 Å². The molecule has 9 heteroatoms. The van der Waals surface area contributed by atoms with Crippen LogP contribution in [0.25, 0.3) is 21.3 Å². The minimum atomic E-state index is -3.53. The summed E-state index contributed by atoms with van der Waals surface area (Å²) in [6.45, 7) is 5.85. The Bertz CT molecular complexity index is 1430. The van der Waals surface area contributed by atoms with Crippen molar-refractivity contribution in [2.75, 3.05) is 31.1 Å². The van der Waals surface area contributed by atoms with Crippen LogP contribution in [0.5, 0.6) is 0 Å². The van der Waals surface area contributed by atoms with Crippen molar-refractivity contribution >= 4 is 49.0 Å². The Balaban J connectivity index is 1.42. The molecular formula is C24H23ClN4O2S2. The fourth-order valence-electron chi connectivity index (χ4n) is 4.10. The van der Waals surface area contributed by atoms with Crippen molar-refractivity contribution in [3.8, 4) is 11.1 Å². The monoisotopic (exact) mass is 498 g/mol. The number of aryl methyl sites for hydroxylation is 2. The van der Waals surface area contributed by atoms with Crippen molar-refractivity contribution < 1.29 is 8.42 Å². The molecule has 1 saturated heterocycles. The summed E-state index contributed by atoms with van der Waals surface area (Å²) in [4.78, 5) is 12.5. The summed E-state index contributed by atoms with van der Waals surface area (Å²) in [7, 11) is -3.53. The largest absolute Gasteiger partial charge is 0.353 e. The van der Waals surface area contributed by atoms with Crippen LogP contribution >= 0.6 is 22.9 Å². The van der Waals surface area contributed by atoms with Gasteiger partial charge in [-0.1, -0.05) is 29.8 Å². The Kier molecular flexibility index (Phi) is 5.86. The smallest absolute Gasteiger partial charge is 0.243 e. The molecule has 1 fully saturated rings. The predicted octanol–water partition coefficient (Wildman–Crippen LogP) is 5.14. The maximum Gasteiger partial charge on any atom is 0.243 e. The van der Waals surface area contributed by atoms with E-state index in [2.05, 4.69) is 20.2 Å². The van der Waals surface area contributed by atoms with Crippen molar-refractivity contribution in [2.24, 2.45) is 0 Å². The van der Waals surface area contributed by atoms with Crippen LogP contribution in [0, 0.1) is 13.8 Å². The van der Waals surface area contributed by atoms with E-state index in [-0.39, 0.29) is 0 Å². The Morgan fingerprint density at radius 1 is 0.939 bits per heavy atom. The summed E-state index contributed by atoms with van der Waals surface area (Å²) >= 11 is 7.65. The third-order valence-electron chi connectivity index (χ3n) is 6.16. The Hall–Kier alpha value is -2.52. The molecule has 0 atom stereocenters. The number of aromatic nitrogens is 2. The zero-order valence-electron chi connectivity index (χ0n) is 18.3. The summed E-state index contributed by atoms with van der Waals surface area (Å²) in [5.74, 6) is 0.842. The number of fused-ring (bicyclic) bond motifs is 1. The summed E-state index contributed by atoms with van der Waals surface area (Å²) < 4.78 is 28.0. The van der Waals surface area contributed by atoms with Gasteiger partial charge < -0.3 is 4.90 Å². The average molecular weight is 499 g/mol. The Labute approximate surface area is 202 Å². The van der Waals surface area contributed by atoms with E-state index >= 15 is 0 Å². The van der Waals surface area contributed by atoms with Crippen molar-refractivity contribution in [2.45, 2.75) is 18.7 Å². The minimum Gasteiger partial charge on any atom is -0.353 e. The van der Waals surface area contributed by atoms with Crippen LogP contribution in [0.2, 0.25) is 5.02 Å². The third-order valence-corrected chi connectivity index (χ3v) is 9.19. The van der Waals surface area contributed by atoms with Gasteiger partial charge in [0, 0.05) is 42.1 Å². The number of piperazine rings is 1. The number of nitrogens with zero attached hydrogens (tertiary/aromatic N) is 4. The van der Waals surface area contributed by atoms with Crippen molar-refractivity contribution in [3.05, 3.63) is 70.3 Å². The lowest BCUT2D eigenvalue weighted by Crippen LogP contribution is -2.49. The summed E-state index contributed by atoms with van der Waals surface area (Å²) in [5, 5.41) is 3.78. The minimum absolute atomic E-state index is 0.353. The first-order valence-electron chi connectivity index (χ1n) is 10.6. The SMILES string of the molecule is Cc1ccc(S(=O)(=O)N2CCN(c3ncnc4scc(-c5ccc(Cl)cc5)c34)CC2)cc1C. The maximum atomic E-state index is 13.2. The quantitative estimate of drug-likeness (QED) is 0.390. The second-order valence-corrected chi connectivity index (χ2v) is 11.4. The zero-order valence-corrected chi connectivity index (χ0v) is 20.7. The molecule has 0 unspecified atom stereocenters. The molecule has 170 valence electrons. The lowest BCUT2D eigenvalue weighted by atomic mass is 10.1. The molecule has 0 radical (unpaired) electrons. The first kappa shape index (κ1) is 22.3. The lowest BCUT2D eigenvalue weighted by molar-refractivity contribution is 0.384. The molecule has 0 N–H and O–H groups in total. The zero-order chi connectivity index (χ0) is 23.2. The summed E-state index contributed by atoms with van der Waals surface area (Å²) in [6.07, 6.45) is 1.58. The highest BCUT2D eigenvalue weighted by Crippen LogP contribution is 2.38. The van der Waals surface area contributed by atoms with Gasteiger partial charge in [-0.15, -0.1) is 11.3 Å². The van der Waals surface area contributed by atoms with E-state index in [0.29, 0.717) is 36.1 Å².